The third kappa shape index (κ3) is 2.90. The van der Waals surface area contributed by atoms with Crippen molar-refractivity contribution in [3.63, 3.8) is 0 Å². The molecule has 0 aliphatic rings. The predicted octanol–water partition coefficient (Wildman–Crippen LogP) is 2.43. The molecule has 1 aromatic rings. The Hall–Kier alpha value is -1.26. The summed E-state index contributed by atoms with van der Waals surface area (Å²) in [5.41, 5.74) is 2.41. The van der Waals surface area contributed by atoms with Crippen LogP contribution in [0.3, 0.4) is 0 Å². The van der Waals surface area contributed by atoms with E-state index in [1.807, 2.05) is 32.0 Å². The molecule has 0 atom stereocenters. The van der Waals surface area contributed by atoms with Crippen LogP contribution in [0.5, 0.6) is 0 Å². The van der Waals surface area contributed by atoms with Gasteiger partial charge in [0.15, 0.2) is 0 Å². The fraction of sp³-hybridized carbons (Fsp3) is 0.385. The van der Waals surface area contributed by atoms with Gasteiger partial charge in [0, 0.05) is 5.56 Å². The first kappa shape index (κ1) is 10.8. The standard InChI is InChI=1S/C13H16O/c1-10-6-5-7-11(2)12(10)8-9-13(3,4)14/h5-7,14H,1-4H3. The van der Waals surface area contributed by atoms with Crippen LogP contribution < -0.4 is 0 Å². The van der Waals surface area contributed by atoms with Crippen molar-refractivity contribution < 1.29 is 5.11 Å². The molecule has 1 aromatic carbocycles. The third-order valence-corrected chi connectivity index (χ3v) is 1.97. The van der Waals surface area contributed by atoms with Crippen molar-refractivity contribution >= 4 is 0 Å². The molecule has 0 heterocycles. The molecule has 1 heteroatoms. The molecule has 0 aromatic heterocycles. The van der Waals surface area contributed by atoms with Gasteiger partial charge in [-0.1, -0.05) is 30.0 Å². The predicted molar refractivity (Wildman–Crippen MR) is 59.1 cm³/mol. The van der Waals surface area contributed by atoms with E-state index >= 15 is 0 Å². The van der Waals surface area contributed by atoms with Gasteiger partial charge in [-0.05, 0) is 38.8 Å². The molecule has 74 valence electrons. The molecule has 0 aliphatic heterocycles. The number of benzene rings is 1. The topological polar surface area (TPSA) is 20.2 Å². The smallest absolute Gasteiger partial charge is 0.120 e. The van der Waals surface area contributed by atoms with E-state index in [0.29, 0.717) is 0 Å². The Kier molecular flexibility index (Phi) is 2.98. The summed E-state index contributed by atoms with van der Waals surface area (Å²) in [5, 5.41) is 9.49. The molecule has 0 bridgehead atoms. The molecule has 0 saturated heterocycles. The van der Waals surface area contributed by atoms with Crippen LogP contribution in [0.1, 0.15) is 30.5 Å². The zero-order valence-corrected chi connectivity index (χ0v) is 9.18. The van der Waals surface area contributed by atoms with Crippen LogP contribution in [-0.4, -0.2) is 10.7 Å². The Morgan fingerprint density at radius 2 is 1.64 bits per heavy atom. The van der Waals surface area contributed by atoms with Crippen LogP contribution in [0.4, 0.5) is 0 Å². The zero-order chi connectivity index (χ0) is 10.8. The second-order valence-corrected chi connectivity index (χ2v) is 4.08. The van der Waals surface area contributed by atoms with Gasteiger partial charge >= 0.3 is 0 Å². The number of aliphatic hydroxyl groups is 1. The lowest BCUT2D eigenvalue weighted by Crippen LogP contribution is -2.14. The highest BCUT2D eigenvalue weighted by molar-refractivity contribution is 5.46. The van der Waals surface area contributed by atoms with Crippen LogP contribution in [0.15, 0.2) is 18.2 Å². The van der Waals surface area contributed by atoms with Gasteiger partial charge in [0.1, 0.15) is 5.60 Å². The summed E-state index contributed by atoms with van der Waals surface area (Å²) >= 11 is 0. The highest BCUT2D eigenvalue weighted by Crippen LogP contribution is 2.12. The minimum absolute atomic E-state index is 0.922. The zero-order valence-electron chi connectivity index (χ0n) is 9.18. The minimum atomic E-state index is -0.922. The molecule has 1 rings (SSSR count). The average molecular weight is 188 g/mol. The lowest BCUT2D eigenvalue weighted by molar-refractivity contribution is 0.143. The van der Waals surface area contributed by atoms with Crippen molar-refractivity contribution in [1.82, 2.24) is 0 Å². The molecule has 0 radical (unpaired) electrons. The van der Waals surface area contributed by atoms with Crippen LogP contribution in [-0.2, 0) is 0 Å². The van der Waals surface area contributed by atoms with Gasteiger partial charge in [-0.15, -0.1) is 0 Å². The highest BCUT2D eigenvalue weighted by atomic mass is 16.3. The van der Waals surface area contributed by atoms with E-state index < -0.39 is 5.60 Å². The maximum absolute atomic E-state index is 9.49. The van der Waals surface area contributed by atoms with Crippen LogP contribution in [0, 0.1) is 25.7 Å². The Morgan fingerprint density at radius 3 is 2.07 bits per heavy atom. The normalized spacial score (nSPS) is 10.6. The summed E-state index contributed by atoms with van der Waals surface area (Å²) in [5.74, 6) is 5.85. The van der Waals surface area contributed by atoms with Crippen molar-refractivity contribution in [1.29, 1.82) is 0 Å². The van der Waals surface area contributed by atoms with E-state index in [1.54, 1.807) is 13.8 Å². The van der Waals surface area contributed by atoms with Gasteiger partial charge in [-0.3, -0.25) is 0 Å². The molecule has 0 saturated carbocycles. The summed E-state index contributed by atoms with van der Waals surface area (Å²) in [6, 6.07) is 6.07. The van der Waals surface area contributed by atoms with E-state index in [4.69, 9.17) is 0 Å². The van der Waals surface area contributed by atoms with Crippen molar-refractivity contribution in [2.75, 3.05) is 0 Å². The lowest BCUT2D eigenvalue weighted by atomic mass is 10.0. The molecular formula is C13H16O. The molecule has 1 N–H and O–H groups in total. The van der Waals surface area contributed by atoms with Crippen molar-refractivity contribution in [3.05, 3.63) is 34.9 Å². The van der Waals surface area contributed by atoms with E-state index in [0.717, 1.165) is 16.7 Å². The second kappa shape index (κ2) is 3.86. The second-order valence-electron chi connectivity index (χ2n) is 4.08. The first-order valence-corrected chi connectivity index (χ1v) is 4.72. The Labute approximate surface area is 85.8 Å². The fourth-order valence-corrected chi connectivity index (χ4v) is 1.23. The first-order chi connectivity index (χ1) is 6.40. The van der Waals surface area contributed by atoms with Crippen molar-refractivity contribution in [2.45, 2.75) is 33.3 Å². The average Bonchev–Trinajstić information content (AvgIpc) is 2.01. The van der Waals surface area contributed by atoms with Gasteiger partial charge in [-0.2, -0.15) is 0 Å². The molecular weight excluding hydrogens is 172 g/mol. The molecule has 14 heavy (non-hydrogen) atoms. The van der Waals surface area contributed by atoms with E-state index in [-0.39, 0.29) is 0 Å². The fourth-order valence-electron chi connectivity index (χ4n) is 1.23. The van der Waals surface area contributed by atoms with Crippen LogP contribution in [0.2, 0.25) is 0 Å². The van der Waals surface area contributed by atoms with Crippen molar-refractivity contribution in [3.8, 4) is 11.8 Å². The van der Waals surface area contributed by atoms with Gasteiger partial charge in [0.05, 0.1) is 0 Å². The third-order valence-electron chi connectivity index (χ3n) is 1.97. The van der Waals surface area contributed by atoms with Gasteiger partial charge in [-0.25, -0.2) is 0 Å². The number of hydrogen-bond donors (Lipinski definition) is 1. The summed E-state index contributed by atoms with van der Waals surface area (Å²) in [6.07, 6.45) is 0. The van der Waals surface area contributed by atoms with Crippen molar-refractivity contribution in [2.24, 2.45) is 0 Å². The maximum Gasteiger partial charge on any atom is 0.120 e. The minimum Gasteiger partial charge on any atom is -0.378 e. The summed E-state index contributed by atoms with van der Waals surface area (Å²) in [7, 11) is 0. The molecule has 1 nitrogen and oxygen atoms in total. The SMILES string of the molecule is Cc1cccc(C)c1C#CC(C)(C)O. The summed E-state index contributed by atoms with van der Waals surface area (Å²) in [4.78, 5) is 0. The highest BCUT2D eigenvalue weighted by Gasteiger charge is 2.06. The Balaban J connectivity index is 3.13. The quantitative estimate of drug-likeness (QED) is 0.620. The van der Waals surface area contributed by atoms with Crippen LogP contribution >= 0.6 is 0 Å². The van der Waals surface area contributed by atoms with Gasteiger partial charge < -0.3 is 5.11 Å². The largest absolute Gasteiger partial charge is 0.378 e. The summed E-state index contributed by atoms with van der Waals surface area (Å²) in [6.45, 7) is 7.43. The maximum atomic E-state index is 9.49. The first-order valence-electron chi connectivity index (χ1n) is 4.72. The number of aryl methyl sites for hydroxylation is 2. The summed E-state index contributed by atoms with van der Waals surface area (Å²) < 4.78 is 0. The van der Waals surface area contributed by atoms with Gasteiger partial charge in [0.25, 0.3) is 0 Å². The Morgan fingerprint density at radius 1 is 1.14 bits per heavy atom. The number of hydrogen-bond acceptors (Lipinski definition) is 1. The molecule has 0 spiro atoms. The number of rotatable bonds is 0. The van der Waals surface area contributed by atoms with Crippen LogP contribution in [0.25, 0.3) is 0 Å². The van der Waals surface area contributed by atoms with E-state index in [2.05, 4.69) is 11.8 Å². The van der Waals surface area contributed by atoms with E-state index in [1.165, 1.54) is 0 Å². The molecule has 0 amide bonds. The monoisotopic (exact) mass is 188 g/mol. The Bertz CT molecular complexity index is 366. The van der Waals surface area contributed by atoms with Gasteiger partial charge in [0.2, 0.25) is 0 Å². The molecule has 0 fully saturated rings. The molecule has 0 unspecified atom stereocenters. The van der Waals surface area contributed by atoms with E-state index in [9.17, 15) is 5.11 Å². The molecule has 0 aliphatic carbocycles. The lowest BCUT2D eigenvalue weighted by Gasteiger charge is -2.07.